The van der Waals surface area contributed by atoms with Crippen molar-refractivity contribution in [2.75, 3.05) is 0 Å². The number of aryl methyl sites for hydroxylation is 3. The molecule has 1 aromatic carbocycles. The first-order chi connectivity index (χ1) is 10.2. The standard InChI is InChI=1S/C17H17NO3/c1-9-7-13-15(16-14(9)10(2)8-20-16)11-5-3-4-6-12(11)17(18-19)21-13/h7-8,19H,3-6H2,1-2H3. The fourth-order valence-electron chi connectivity index (χ4n) is 3.60. The van der Waals surface area contributed by atoms with E-state index in [0.717, 1.165) is 58.9 Å². The average molecular weight is 283 g/mol. The summed E-state index contributed by atoms with van der Waals surface area (Å²) in [6.45, 7) is 4.11. The molecule has 0 bridgehead atoms. The Labute approximate surface area is 121 Å². The second-order valence-electron chi connectivity index (χ2n) is 5.86. The molecule has 0 radical (unpaired) electrons. The summed E-state index contributed by atoms with van der Waals surface area (Å²) in [4.78, 5) is 0. The van der Waals surface area contributed by atoms with Crippen LogP contribution in [0.1, 0.15) is 35.1 Å². The Morgan fingerprint density at radius 1 is 1.05 bits per heavy atom. The number of nitrogens with zero attached hydrogens (tertiary/aromatic N) is 1. The van der Waals surface area contributed by atoms with Gasteiger partial charge in [-0.1, -0.05) is 0 Å². The van der Waals surface area contributed by atoms with Crippen molar-refractivity contribution in [3.05, 3.63) is 40.1 Å². The molecule has 0 unspecified atom stereocenters. The molecule has 0 saturated carbocycles. The van der Waals surface area contributed by atoms with Gasteiger partial charge in [0.1, 0.15) is 11.2 Å². The lowest BCUT2D eigenvalue weighted by atomic mass is 9.89. The summed E-state index contributed by atoms with van der Waals surface area (Å²) >= 11 is 0. The van der Waals surface area contributed by atoms with Gasteiger partial charge < -0.3 is 14.0 Å². The molecule has 4 heteroatoms. The van der Waals surface area contributed by atoms with Crippen LogP contribution in [0, 0.1) is 13.8 Å². The van der Waals surface area contributed by atoms with Gasteiger partial charge in [-0.15, -0.1) is 0 Å². The SMILES string of the molecule is Cc1coc2c1c(C)cc1oc(=NO)c3c(c12)CCCC3. The van der Waals surface area contributed by atoms with Gasteiger partial charge in [0.25, 0.3) is 5.55 Å². The molecule has 1 aliphatic carbocycles. The minimum absolute atomic E-state index is 0.347. The quantitative estimate of drug-likeness (QED) is 0.501. The predicted octanol–water partition coefficient (Wildman–Crippen LogP) is 3.96. The van der Waals surface area contributed by atoms with Crippen molar-refractivity contribution < 1.29 is 14.0 Å². The van der Waals surface area contributed by atoms with Crippen molar-refractivity contribution in [3.8, 4) is 0 Å². The van der Waals surface area contributed by atoms with Crippen LogP contribution in [-0.4, -0.2) is 5.21 Å². The zero-order chi connectivity index (χ0) is 14.6. The monoisotopic (exact) mass is 283 g/mol. The molecule has 0 saturated heterocycles. The molecule has 0 amide bonds. The van der Waals surface area contributed by atoms with E-state index in [9.17, 15) is 5.21 Å². The number of furan rings is 1. The minimum atomic E-state index is 0.347. The first-order valence-corrected chi connectivity index (χ1v) is 7.34. The van der Waals surface area contributed by atoms with E-state index in [1.54, 1.807) is 6.26 Å². The van der Waals surface area contributed by atoms with Gasteiger partial charge in [-0.05, 0) is 67.4 Å². The van der Waals surface area contributed by atoms with Gasteiger partial charge in [0.2, 0.25) is 0 Å². The minimum Gasteiger partial charge on any atom is -0.463 e. The highest BCUT2D eigenvalue weighted by molar-refractivity contribution is 6.06. The highest BCUT2D eigenvalue weighted by Crippen LogP contribution is 2.36. The molecule has 2 heterocycles. The summed E-state index contributed by atoms with van der Waals surface area (Å²) in [5.41, 5.74) is 6.48. The zero-order valence-electron chi connectivity index (χ0n) is 12.2. The van der Waals surface area contributed by atoms with E-state index in [1.807, 2.05) is 6.07 Å². The smallest absolute Gasteiger partial charge is 0.259 e. The third-order valence-electron chi connectivity index (χ3n) is 4.52. The van der Waals surface area contributed by atoms with E-state index >= 15 is 0 Å². The van der Waals surface area contributed by atoms with E-state index in [0.29, 0.717) is 5.55 Å². The van der Waals surface area contributed by atoms with Crippen LogP contribution < -0.4 is 5.55 Å². The maximum Gasteiger partial charge on any atom is 0.259 e. The molecule has 1 N–H and O–H groups in total. The van der Waals surface area contributed by atoms with Crippen molar-refractivity contribution >= 4 is 21.9 Å². The predicted molar refractivity (Wildman–Crippen MR) is 79.5 cm³/mol. The summed E-state index contributed by atoms with van der Waals surface area (Å²) in [7, 11) is 0. The van der Waals surface area contributed by atoms with Crippen LogP contribution in [0.4, 0.5) is 0 Å². The van der Waals surface area contributed by atoms with Crippen molar-refractivity contribution in [3.63, 3.8) is 0 Å². The number of benzene rings is 1. The Hall–Kier alpha value is -2.23. The van der Waals surface area contributed by atoms with Crippen molar-refractivity contribution in [2.45, 2.75) is 39.5 Å². The van der Waals surface area contributed by atoms with E-state index in [4.69, 9.17) is 8.83 Å². The van der Waals surface area contributed by atoms with Crippen LogP contribution in [0.5, 0.6) is 0 Å². The Bertz CT molecular complexity index is 931. The van der Waals surface area contributed by atoms with Gasteiger partial charge >= 0.3 is 0 Å². The molecule has 3 aromatic rings. The Morgan fingerprint density at radius 2 is 1.81 bits per heavy atom. The molecule has 0 fully saturated rings. The fraction of sp³-hybridized carbons (Fsp3) is 0.353. The van der Waals surface area contributed by atoms with E-state index in [1.165, 1.54) is 10.9 Å². The van der Waals surface area contributed by atoms with E-state index in [2.05, 4.69) is 19.0 Å². The van der Waals surface area contributed by atoms with Gasteiger partial charge in [-0.25, -0.2) is 0 Å². The first-order valence-electron chi connectivity index (χ1n) is 7.34. The maximum absolute atomic E-state index is 9.25. The highest BCUT2D eigenvalue weighted by atomic mass is 16.5. The molecular formula is C17H17NO3. The molecule has 0 spiro atoms. The van der Waals surface area contributed by atoms with Crippen molar-refractivity contribution in [2.24, 2.45) is 5.16 Å². The molecule has 0 aliphatic heterocycles. The largest absolute Gasteiger partial charge is 0.463 e. The first kappa shape index (κ1) is 12.5. The van der Waals surface area contributed by atoms with Gasteiger partial charge in [0.15, 0.2) is 0 Å². The molecule has 4 rings (SSSR count). The van der Waals surface area contributed by atoms with Crippen LogP contribution in [0.25, 0.3) is 21.9 Å². The molecule has 1 aliphatic rings. The molecule has 21 heavy (non-hydrogen) atoms. The second kappa shape index (κ2) is 4.38. The summed E-state index contributed by atoms with van der Waals surface area (Å²) < 4.78 is 11.7. The summed E-state index contributed by atoms with van der Waals surface area (Å²) in [6.07, 6.45) is 5.91. The normalized spacial score (nSPS) is 15.8. The van der Waals surface area contributed by atoms with E-state index in [-0.39, 0.29) is 0 Å². The number of fused-ring (bicyclic) bond motifs is 5. The lowest BCUT2D eigenvalue weighted by molar-refractivity contribution is 0.274. The lowest BCUT2D eigenvalue weighted by Gasteiger charge is -2.17. The average Bonchev–Trinajstić information content (AvgIpc) is 2.88. The van der Waals surface area contributed by atoms with Crippen LogP contribution >= 0.6 is 0 Å². The summed E-state index contributed by atoms with van der Waals surface area (Å²) in [5, 5.41) is 14.8. The second-order valence-corrected chi connectivity index (χ2v) is 5.86. The van der Waals surface area contributed by atoms with Gasteiger partial charge in [-0.2, -0.15) is 0 Å². The molecule has 4 nitrogen and oxygen atoms in total. The molecule has 108 valence electrons. The van der Waals surface area contributed by atoms with Crippen LogP contribution in [0.15, 0.2) is 26.3 Å². The number of hydrogen-bond acceptors (Lipinski definition) is 4. The fourth-order valence-corrected chi connectivity index (χ4v) is 3.60. The lowest BCUT2D eigenvalue weighted by Crippen LogP contribution is -2.17. The van der Waals surface area contributed by atoms with Gasteiger partial charge in [-0.3, -0.25) is 0 Å². The van der Waals surface area contributed by atoms with Crippen LogP contribution in [0.2, 0.25) is 0 Å². The highest BCUT2D eigenvalue weighted by Gasteiger charge is 2.21. The molecular weight excluding hydrogens is 266 g/mol. The Balaban J connectivity index is 2.28. The van der Waals surface area contributed by atoms with Gasteiger partial charge in [0.05, 0.1) is 11.6 Å². The van der Waals surface area contributed by atoms with Crippen molar-refractivity contribution in [1.82, 2.24) is 0 Å². The summed E-state index contributed by atoms with van der Waals surface area (Å²) in [6, 6.07) is 2.02. The zero-order valence-corrected chi connectivity index (χ0v) is 12.2. The van der Waals surface area contributed by atoms with Crippen molar-refractivity contribution in [1.29, 1.82) is 0 Å². The maximum atomic E-state index is 9.25. The van der Waals surface area contributed by atoms with Crippen LogP contribution in [-0.2, 0) is 12.8 Å². The topological polar surface area (TPSA) is 58.9 Å². The van der Waals surface area contributed by atoms with Gasteiger partial charge in [0, 0.05) is 10.9 Å². The Kier molecular flexibility index (Phi) is 2.61. The third-order valence-corrected chi connectivity index (χ3v) is 4.52. The Morgan fingerprint density at radius 3 is 2.57 bits per heavy atom. The number of rotatable bonds is 0. The van der Waals surface area contributed by atoms with Crippen LogP contribution in [0.3, 0.4) is 0 Å². The summed E-state index contributed by atoms with van der Waals surface area (Å²) in [5.74, 6) is 0. The molecule has 0 atom stereocenters. The van der Waals surface area contributed by atoms with E-state index < -0.39 is 0 Å². The molecule has 2 aromatic heterocycles. The number of hydrogen-bond donors (Lipinski definition) is 1. The third kappa shape index (κ3) is 1.65.